The van der Waals surface area contributed by atoms with E-state index >= 15 is 0 Å². The van der Waals surface area contributed by atoms with E-state index in [1.165, 1.54) is 25.3 Å². The lowest BCUT2D eigenvalue weighted by molar-refractivity contribution is -0.272. The minimum atomic E-state index is -4.85. The molecule has 0 aliphatic carbocycles. The van der Waals surface area contributed by atoms with Crippen LogP contribution in [0.25, 0.3) is 0 Å². The van der Waals surface area contributed by atoms with Gasteiger partial charge in [-0.3, -0.25) is 0 Å². The Morgan fingerprint density at radius 3 is 2.35 bits per heavy atom. The lowest BCUT2D eigenvalue weighted by atomic mass is 9.87. The lowest BCUT2D eigenvalue weighted by Crippen LogP contribution is -2.54. The van der Waals surface area contributed by atoms with Gasteiger partial charge in [0.25, 0.3) is 0 Å². The normalized spacial score (nSPS) is 17.4. The molecule has 0 radical (unpaired) electrons. The van der Waals surface area contributed by atoms with Gasteiger partial charge in [0.1, 0.15) is 5.75 Å². The molecule has 0 bridgehead atoms. The maximum Gasteiger partial charge on any atom is 0.422 e. The van der Waals surface area contributed by atoms with Crippen LogP contribution in [-0.4, -0.2) is 24.4 Å². The zero-order valence-electron chi connectivity index (χ0n) is 9.45. The molecule has 6 heteroatoms. The summed E-state index contributed by atoms with van der Waals surface area (Å²) in [6.07, 6.45) is -4.85. The first-order chi connectivity index (χ1) is 7.73. The van der Waals surface area contributed by atoms with Gasteiger partial charge < -0.3 is 15.6 Å². The average molecular weight is 249 g/mol. The number of ether oxygens (including phenoxy) is 1. The standard InChI is InChI=1S/C11H14F3NO2/c1-7(15)10(16,11(12,13)14)8-4-3-5-9(6-8)17-2/h3-7,16H,15H2,1-2H3. The smallest absolute Gasteiger partial charge is 0.422 e. The van der Waals surface area contributed by atoms with E-state index in [1.807, 2.05) is 0 Å². The summed E-state index contributed by atoms with van der Waals surface area (Å²) in [5.41, 5.74) is 1.85. The highest BCUT2D eigenvalue weighted by Crippen LogP contribution is 2.41. The van der Waals surface area contributed by atoms with Gasteiger partial charge in [-0.15, -0.1) is 0 Å². The maximum absolute atomic E-state index is 12.9. The Bertz CT molecular complexity index is 393. The van der Waals surface area contributed by atoms with Crippen molar-refractivity contribution in [3.05, 3.63) is 29.8 Å². The van der Waals surface area contributed by atoms with E-state index in [9.17, 15) is 18.3 Å². The molecule has 1 aromatic carbocycles. The fraction of sp³-hybridized carbons (Fsp3) is 0.455. The summed E-state index contributed by atoms with van der Waals surface area (Å²) in [4.78, 5) is 0. The molecule has 0 heterocycles. The molecule has 3 nitrogen and oxygen atoms in total. The molecule has 3 N–H and O–H groups in total. The van der Waals surface area contributed by atoms with Crippen molar-refractivity contribution in [3.8, 4) is 5.75 Å². The Kier molecular flexibility index (Phi) is 3.68. The zero-order chi connectivity index (χ0) is 13.3. The third-order valence-electron chi connectivity index (χ3n) is 2.60. The molecule has 1 aromatic rings. The van der Waals surface area contributed by atoms with Crippen molar-refractivity contribution in [2.45, 2.75) is 24.7 Å². The van der Waals surface area contributed by atoms with Gasteiger partial charge in [-0.25, -0.2) is 0 Å². The summed E-state index contributed by atoms with van der Waals surface area (Å²) < 4.78 is 43.5. The fourth-order valence-corrected chi connectivity index (χ4v) is 1.54. The van der Waals surface area contributed by atoms with Gasteiger partial charge in [0.15, 0.2) is 0 Å². The van der Waals surface area contributed by atoms with Crippen molar-refractivity contribution >= 4 is 0 Å². The number of hydrogen-bond donors (Lipinski definition) is 2. The summed E-state index contributed by atoms with van der Waals surface area (Å²) in [7, 11) is 1.33. The van der Waals surface area contributed by atoms with Gasteiger partial charge in [-0.1, -0.05) is 12.1 Å². The van der Waals surface area contributed by atoms with E-state index in [0.717, 1.165) is 13.0 Å². The van der Waals surface area contributed by atoms with Crippen LogP contribution in [0.4, 0.5) is 13.2 Å². The highest BCUT2D eigenvalue weighted by atomic mass is 19.4. The second-order valence-corrected chi connectivity index (χ2v) is 3.78. The van der Waals surface area contributed by atoms with Crippen molar-refractivity contribution in [1.29, 1.82) is 0 Å². The van der Waals surface area contributed by atoms with Crippen LogP contribution in [0.3, 0.4) is 0 Å². The molecule has 1 rings (SSSR count). The average Bonchev–Trinajstić information content (AvgIpc) is 2.26. The topological polar surface area (TPSA) is 55.5 Å². The van der Waals surface area contributed by atoms with Crippen LogP contribution < -0.4 is 10.5 Å². The van der Waals surface area contributed by atoms with E-state index in [-0.39, 0.29) is 11.3 Å². The van der Waals surface area contributed by atoms with Crippen molar-refractivity contribution < 1.29 is 23.0 Å². The fourth-order valence-electron chi connectivity index (χ4n) is 1.54. The van der Waals surface area contributed by atoms with Gasteiger partial charge in [-0.2, -0.15) is 13.2 Å². The van der Waals surface area contributed by atoms with Crippen LogP contribution >= 0.6 is 0 Å². The predicted molar refractivity (Wildman–Crippen MR) is 56.6 cm³/mol. The van der Waals surface area contributed by atoms with Gasteiger partial charge in [-0.05, 0) is 24.6 Å². The Hall–Kier alpha value is -1.27. The van der Waals surface area contributed by atoms with Crippen LogP contribution in [0.5, 0.6) is 5.75 Å². The maximum atomic E-state index is 12.9. The number of rotatable bonds is 3. The van der Waals surface area contributed by atoms with Gasteiger partial charge >= 0.3 is 6.18 Å². The van der Waals surface area contributed by atoms with E-state index in [1.54, 1.807) is 0 Å². The third kappa shape index (κ3) is 2.37. The number of nitrogens with two attached hydrogens (primary N) is 1. The highest BCUT2D eigenvalue weighted by molar-refractivity contribution is 5.34. The third-order valence-corrected chi connectivity index (χ3v) is 2.60. The van der Waals surface area contributed by atoms with Crippen LogP contribution in [0.2, 0.25) is 0 Å². The van der Waals surface area contributed by atoms with E-state index in [4.69, 9.17) is 10.5 Å². The number of aliphatic hydroxyl groups is 1. The van der Waals surface area contributed by atoms with Gasteiger partial charge in [0, 0.05) is 6.04 Å². The largest absolute Gasteiger partial charge is 0.497 e. The SMILES string of the molecule is COc1cccc(C(O)(C(C)N)C(F)(F)F)c1. The summed E-state index contributed by atoms with van der Waals surface area (Å²) in [5, 5.41) is 9.81. The quantitative estimate of drug-likeness (QED) is 0.858. The monoisotopic (exact) mass is 249 g/mol. The molecule has 2 unspecified atom stereocenters. The van der Waals surface area contributed by atoms with E-state index in [0.29, 0.717) is 0 Å². The summed E-state index contributed by atoms with van der Waals surface area (Å²) in [6, 6.07) is 3.65. The number of benzene rings is 1. The van der Waals surface area contributed by atoms with Crippen molar-refractivity contribution in [3.63, 3.8) is 0 Å². The second kappa shape index (κ2) is 4.54. The summed E-state index contributed by atoms with van der Waals surface area (Å²) >= 11 is 0. The molecular weight excluding hydrogens is 235 g/mol. The van der Waals surface area contributed by atoms with Crippen LogP contribution in [0.15, 0.2) is 24.3 Å². The van der Waals surface area contributed by atoms with E-state index in [2.05, 4.69) is 0 Å². The van der Waals surface area contributed by atoms with E-state index < -0.39 is 17.8 Å². The Balaban J connectivity index is 3.33. The minimum Gasteiger partial charge on any atom is -0.497 e. The highest BCUT2D eigenvalue weighted by Gasteiger charge is 2.57. The molecule has 17 heavy (non-hydrogen) atoms. The van der Waals surface area contributed by atoms with Gasteiger partial charge in [0.05, 0.1) is 7.11 Å². The van der Waals surface area contributed by atoms with Crippen LogP contribution in [-0.2, 0) is 5.60 Å². The number of methoxy groups -OCH3 is 1. The molecule has 0 spiro atoms. The molecule has 0 saturated carbocycles. The summed E-state index contributed by atoms with van der Waals surface area (Å²) in [5.74, 6) is 0.228. The first-order valence-corrected chi connectivity index (χ1v) is 4.92. The Morgan fingerprint density at radius 1 is 1.35 bits per heavy atom. The van der Waals surface area contributed by atoms with Gasteiger partial charge in [0.2, 0.25) is 5.60 Å². The molecule has 0 aromatic heterocycles. The van der Waals surface area contributed by atoms with Crippen molar-refractivity contribution in [2.24, 2.45) is 5.73 Å². The Labute approximate surface area is 97.0 Å². The van der Waals surface area contributed by atoms with Crippen molar-refractivity contribution in [2.75, 3.05) is 7.11 Å². The zero-order valence-corrected chi connectivity index (χ0v) is 9.45. The molecule has 0 amide bonds. The molecular formula is C11H14F3NO2. The Morgan fingerprint density at radius 2 is 1.94 bits per heavy atom. The van der Waals surface area contributed by atoms with Crippen LogP contribution in [0.1, 0.15) is 12.5 Å². The molecule has 0 aliphatic rings. The minimum absolute atomic E-state index is 0.228. The molecule has 96 valence electrons. The van der Waals surface area contributed by atoms with Crippen molar-refractivity contribution in [1.82, 2.24) is 0 Å². The number of halogens is 3. The first-order valence-electron chi connectivity index (χ1n) is 4.92. The predicted octanol–water partition coefficient (Wildman–Crippen LogP) is 1.79. The molecule has 0 fully saturated rings. The lowest BCUT2D eigenvalue weighted by Gasteiger charge is -2.34. The molecule has 0 saturated heterocycles. The molecule has 2 atom stereocenters. The van der Waals surface area contributed by atoms with Crippen LogP contribution in [0, 0.1) is 0 Å². The molecule has 0 aliphatic heterocycles. The number of alkyl halides is 3. The number of hydrogen-bond acceptors (Lipinski definition) is 3. The summed E-state index contributed by atoms with van der Waals surface area (Å²) in [6.45, 7) is 1.10. The first kappa shape index (κ1) is 13.8. The second-order valence-electron chi connectivity index (χ2n) is 3.78.